The van der Waals surface area contributed by atoms with Gasteiger partial charge in [-0.25, -0.2) is 4.79 Å². The van der Waals surface area contributed by atoms with Crippen molar-refractivity contribution in [1.82, 2.24) is 0 Å². The lowest BCUT2D eigenvalue weighted by molar-refractivity contribution is 0.415. The summed E-state index contributed by atoms with van der Waals surface area (Å²) in [5, 5.41) is 0.899. The van der Waals surface area contributed by atoms with E-state index in [1.165, 1.54) is 6.07 Å². The van der Waals surface area contributed by atoms with Crippen LogP contribution in [0.15, 0.2) is 63.8 Å². The first-order valence-corrected chi connectivity index (χ1v) is 6.60. The predicted molar refractivity (Wildman–Crippen MR) is 83.5 cm³/mol. The summed E-state index contributed by atoms with van der Waals surface area (Å²) in [6.07, 6.45) is 0. The molecule has 0 spiro atoms. The molecule has 2 aromatic carbocycles. The molecule has 0 radical (unpaired) electrons. The summed E-state index contributed by atoms with van der Waals surface area (Å²) >= 11 is 0. The van der Waals surface area contributed by atoms with Gasteiger partial charge in [-0.05, 0) is 36.4 Å². The first-order valence-electron chi connectivity index (χ1n) is 6.60. The Morgan fingerprint density at radius 3 is 2.48 bits per heavy atom. The third-order valence-electron chi connectivity index (χ3n) is 3.45. The van der Waals surface area contributed by atoms with E-state index in [0.29, 0.717) is 5.58 Å². The number of rotatable bonds is 3. The van der Waals surface area contributed by atoms with Crippen LogP contribution in [0.5, 0.6) is 5.75 Å². The van der Waals surface area contributed by atoms with E-state index in [4.69, 9.17) is 9.15 Å². The fourth-order valence-corrected chi connectivity index (χ4v) is 2.32. The fraction of sp³-hybridized carbons (Fsp3) is 0.118. The highest BCUT2D eigenvalue weighted by Gasteiger charge is 2.11. The minimum atomic E-state index is -0.357. The zero-order valence-corrected chi connectivity index (χ0v) is 11.9. The van der Waals surface area contributed by atoms with E-state index >= 15 is 0 Å². The maximum atomic E-state index is 11.7. The van der Waals surface area contributed by atoms with Crippen molar-refractivity contribution >= 4 is 22.3 Å². The first-order chi connectivity index (χ1) is 10.2. The van der Waals surface area contributed by atoms with Crippen LogP contribution in [0.4, 0.5) is 11.4 Å². The van der Waals surface area contributed by atoms with Gasteiger partial charge in [0.1, 0.15) is 11.3 Å². The highest BCUT2D eigenvalue weighted by Crippen LogP contribution is 2.30. The molecular formula is C17H15NO3. The Kier molecular flexibility index (Phi) is 3.36. The van der Waals surface area contributed by atoms with Gasteiger partial charge < -0.3 is 14.1 Å². The highest BCUT2D eigenvalue weighted by molar-refractivity contribution is 5.92. The van der Waals surface area contributed by atoms with E-state index < -0.39 is 0 Å². The number of ether oxygens (including phenoxy) is 1. The van der Waals surface area contributed by atoms with Gasteiger partial charge in [-0.1, -0.05) is 12.1 Å². The molecule has 0 bridgehead atoms. The number of fused-ring (bicyclic) bond motifs is 1. The van der Waals surface area contributed by atoms with Crippen LogP contribution in [-0.2, 0) is 0 Å². The molecule has 0 aliphatic carbocycles. The molecule has 0 aliphatic heterocycles. The van der Waals surface area contributed by atoms with Crippen molar-refractivity contribution in [1.29, 1.82) is 0 Å². The topological polar surface area (TPSA) is 42.7 Å². The number of methoxy groups -OCH3 is 1. The molecule has 3 aromatic rings. The zero-order chi connectivity index (χ0) is 14.8. The van der Waals surface area contributed by atoms with Crippen LogP contribution in [-0.4, -0.2) is 14.2 Å². The Labute approximate surface area is 122 Å². The molecule has 0 unspecified atom stereocenters. The van der Waals surface area contributed by atoms with Gasteiger partial charge in [-0.2, -0.15) is 0 Å². The molecule has 4 nitrogen and oxygen atoms in total. The second-order valence-corrected chi connectivity index (χ2v) is 4.70. The molecule has 21 heavy (non-hydrogen) atoms. The van der Waals surface area contributed by atoms with Gasteiger partial charge in [0.2, 0.25) is 0 Å². The Morgan fingerprint density at radius 1 is 1.05 bits per heavy atom. The average Bonchev–Trinajstić information content (AvgIpc) is 2.53. The molecule has 0 fully saturated rings. The van der Waals surface area contributed by atoms with E-state index in [-0.39, 0.29) is 5.63 Å². The van der Waals surface area contributed by atoms with Crippen molar-refractivity contribution in [3.63, 3.8) is 0 Å². The van der Waals surface area contributed by atoms with E-state index in [1.54, 1.807) is 13.2 Å². The van der Waals surface area contributed by atoms with Crippen LogP contribution in [0.1, 0.15) is 0 Å². The number of benzene rings is 2. The monoisotopic (exact) mass is 281 g/mol. The summed E-state index contributed by atoms with van der Waals surface area (Å²) in [7, 11) is 3.55. The number of anilines is 2. The van der Waals surface area contributed by atoms with Crippen molar-refractivity contribution in [2.75, 3.05) is 19.1 Å². The summed E-state index contributed by atoms with van der Waals surface area (Å²) in [6.45, 7) is 0. The van der Waals surface area contributed by atoms with Crippen molar-refractivity contribution in [2.24, 2.45) is 0 Å². The van der Waals surface area contributed by atoms with Crippen LogP contribution in [0.25, 0.3) is 11.0 Å². The average molecular weight is 281 g/mol. The minimum Gasteiger partial charge on any atom is -0.497 e. The maximum Gasteiger partial charge on any atom is 0.338 e. The van der Waals surface area contributed by atoms with Crippen molar-refractivity contribution < 1.29 is 9.15 Å². The smallest absolute Gasteiger partial charge is 0.338 e. The third kappa shape index (κ3) is 2.48. The van der Waals surface area contributed by atoms with E-state index in [9.17, 15) is 4.79 Å². The number of para-hydroxylation sites is 1. The molecule has 0 saturated heterocycles. The summed E-state index contributed by atoms with van der Waals surface area (Å²) in [6, 6.07) is 16.7. The van der Waals surface area contributed by atoms with Gasteiger partial charge in [0.05, 0.1) is 12.8 Å². The zero-order valence-electron chi connectivity index (χ0n) is 11.9. The number of hydrogen-bond donors (Lipinski definition) is 0. The van der Waals surface area contributed by atoms with Gasteiger partial charge in [-0.15, -0.1) is 0 Å². The van der Waals surface area contributed by atoms with Crippen LogP contribution in [0.2, 0.25) is 0 Å². The largest absolute Gasteiger partial charge is 0.497 e. The lowest BCUT2D eigenvalue weighted by Crippen LogP contribution is -2.12. The molecule has 0 amide bonds. The lowest BCUT2D eigenvalue weighted by atomic mass is 10.1. The molecular weight excluding hydrogens is 266 g/mol. The molecule has 0 N–H and O–H groups in total. The predicted octanol–water partition coefficient (Wildman–Crippen LogP) is 3.57. The quantitative estimate of drug-likeness (QED) is 0.688. The molecule has 0 saturated carbocycles. The van der Waals surface area contributed by atoms with Gasteiger partial charge >= 0.3 is 5.63 Å². The number of hydrogen-bond acceptors (Lipinski definition) is 4. The van der Waals surface area contributed by atoms with Crippen LogP contribution < -0.4 is 15.3 Å². The molecule has 1 aromatic heterocycles. The number of nitrogens with zero attached hydrogens (tertiary/aromatic N) is 1. The molecule has 106 valence electrons. The fourth-order valence-electron chi connectivity index (χ4n) is 2.32. The molecule has 0 atom stereocenters. The summed E-state index contributed by atoms with van der Waals surface area (Å²) < 4.78 is 10.4. The summed E-state index contributed by atoms with van der Waals surface area (Å²) in [5.41, 5.74) is 2.00. The second kappa shape index (κ2) is 5.32. The van der Waals surface area contributed by atoms with Crippen LogP contribution in [0.3, 0.4) is 0 Å². The van der Waals surface area contributed by atoms with Gasteiger partial charge in [0, 0.05) is 24.2 Å². The highest BCUT2D eigenvalue weighted by atomic mass is 16.5. The molecule has 4 heteroatoms. The second-order valence-electron chi connectivity index (χ2n) is 4.70. The van der Waals surface area contributed by atoms with E-state index in [2.05, 4.69) is 0 Å². The van der Waals surface area contributed by atoms with Crippen molar-refractivity contribution in [2.45, 2.75) is 0 Å². The normalized spacial score (nSPS) is 10.6. The summed E-state index contributed by atoms with van der Waals surface area (Å²) in [5.74, 6) is 0.796. The Balaban J connectivity index is 2.12. The Hall–Kier alpha value is -2.75. The van der Waals surface area contributed by atoms with Crippen molar-refractivity contribution in [3.05, 3.63) is 65.0 Å². The third-order valence-corrected chi connectivity index (χ3v) is 3.45. The van der Waals surface area contributed by atoms with Crippen molar-refractivity contribution in [3.8, 4) is 5.75 Å². The van der Waals surface area contributed by atoms with E-state index in [0.717, 1.165) is 22.5 Å². The summed E-state index contributed by atoms with van der Waals surface area (Å²) in [4.78, 5) is 13.7. The van der Waals surface area contributed by atoms with Gasteiger partial charge in [-0.3, -0.25) is 0 Å². The maximum absolute atomic E-state index is 11.7. The Bertz CT molecular complexity index is 821. The minimum absolute atomic E-state index is 0.357. The van der Waals surface area contributed by atoms with Crippen LogP contribution in [0, 0.1) is 0 Å². The standard InChI is InChI=1S/C17H15NO3/c1-18(12-7-9-13(20-2)10-8-12)15-11-17(19)21-16-6-4-3-5-14(15)16/h3-11H,1-2H3. The molecule has 1 heterocycles. The van der Waals surface area contributed by atoms with Gasteiger partial charge in [0.15, 0.2) is 0 Å². The van der Waals surface area contributed by atoms with Gasteiger partial charge in [0.25, 0.3) is 0 Å². The molecule has 3 rings (SSSR count). The Morgan fingerprint density at radius 2 is 1.76 bits per heavy atom. The first kappa shape index (κ1) is 13.2. The molecule has 0 aliphatic rings. The lowest BCUT2D eigenvalue weighted by Gasteiger charge is -2.20. The van der Waals surface area contributed by atoms with E-state index in [1.807, 2.05) is 54.4 Å². The van der Waals surface area contributed by atoms with Crippen LogP contribution >= 0.6 is 0 Å². The SMILES string of the molecule is COc1ccc(N(C)c2cc(=O)oc3ccccc23)cc1.